The number of anilines is 2. The number of nitrogens with zero attached hydrogens (tertiary/aromatic N) is 1. The Hall–Kier alpha value is -2.82. The van der Waals surface area contributed by atoms with E-state index in [0.29, 0.717) is 11.3 Å². The molecule has 0 bridgehead atoms. The van der Waals surface area contributed by atoms with Gasteiger partial charge in [0.25, 0.3) is 0 Å². The number of ether oxygens (including phenoxy) is 1. The number of aryl methyl sites for hydroxylation is 1. The normalized spacial score (nSPS) is 10.3. The lowest BCUT2D eigenvalue weighted by Crippen LogP contribution is -2.22. The molecule has 26 heavy (non-hydrogen) atoms. The van der Waals surface area contributed by atoms with Crippen molar-refractivity contribution in [3.8, 4) is 0 Å². The first kappa shape index (κ1) is 19.5. The van der Waals surface area contributed by atoms with Crippen LogP contribution in [0.2, 0.25) is 0 Å². The SMILES string of the molecule is CCN(CC)c1ccc(NC(=O)OCCC(=O)c2ccccc2)c(C)c1. The number of nitrogens with one attached hydrogen (secondary N) is 1. The van der Waals surface area contributed by atoms with Crippen molar-refractivity contribution >= 4 is 23.3 Å². The topological polar surface area (TPSA) is 58.6 Å². The van der Waals surface area contributed by atoms with Crippen LogP contribution in [0, 0.1) is 6.92 Å². The van der Waals surface area contributed by atoms with Crippen molar-refractivity contribution in [2.24, 2.45) is 0 Å². The Bertz CT molecular complexity index is 740. The van der Waals surface area contributed by atoms with Gasteiger partial charge >= 0.3 is 6.09 Å². The van der Waals surface area contributed by atoms with Crippen molar-refractivity contribution in [1.82, 2.24) is 0 Å². The summed E-state index contributed by atoms with van der Waals surface area (Å²) in [5, 5.41) is 2.73. The number of carbonyl (C=O) groups is 2. The van der Waals surface area contributed by atoms with Gasteiger partial charge in [0.1, 0.15) is 6.61 Å². The summed E-state index contributed by atoms with van der Waals surface area (Å²) in [6, 6.07) is 14.9. The molecule has 0 unspecified atom stereocenters. The monoisotopic (exact) mass is 354 g/mol. The van der Waals surface area contributed by atoms with E-state index in [-0.39, 0.29) is 18.8 Å². The largest absolute Gasteiger partial charge is 0.449 e. The van der Waals surface area contributed by atoms with Crippen LogP contribution in [-0.4, -0.2) is 31.6 Å². The Kier molecular flexibility index (Phi) is 7.21. The summed E-state index contributed by atoms with van der Waals surface area (Å²) in [7, 11) is 0. The molecular weight excluding hydrogens is 328 g/mol. The minimum atomic E-state index is -0.551. The smallest absolute Gasteiger partial charge is 0.411 e. The van der Waals surface area contributed by atoms with Crippen LogP contribution in [0.1, 0.15) is 36.2 Å². The number of rotatable bonds is 8. The lowest BCUT2D eigenvalue weighted by Gasteiger charge is -2.22. The van der Waals surface area contributed by atoms with Gasteiger partial charge < -0.3 is 9.64 Å². The zero-order valence-electron chi connectivity index (χ0n) is 15.6. The first-order valence-corrected chi connectivity index (χ1v) is 8.92. The number of amides is 1. The van der Waals surface area contributed by atoms with Crippen LogP contribution in [-0.2, 0) is 4.74 Å². The van der Waals surface area contributed by atoms with Crippen LogP contribution < -0.4 is 10.2 Å². The minimum absolute atomic E-state index is 0.0434. The zero-order valence-corrected chi connectivity index (χ0v) is 15.6. The number of ketones is 1. The van der Waals surface area contributed by atoms with Crippen LogP contribution in [0.5, 0.6) is 0 Å². The highest BCUT2D eigenvalue weighted by Crippen LogP contribution is 2.22. The van der Waals surface area contributed by atoms with Crippen molar-refractivity contribution in [1.29, 1.82) is 0 Å². The number of benzene rings is 2. The maximum Gasteiger partial charge on any atom is 0.411 e. The van der Waals surface area contributed by atoms with Crippen LogP contribution >= 0.6 is 0 Å². The first-order chi connectivity index (χ1) is 12.5. The maximum atomic E-state index is 12.0. The fourth-order valence-corrected chi connectivity index (χ4v) is 2.72. The predicted molar refractivity (Wildman–Crippen MR) is 105 cm³/mol. The molecule has 138 valence electrons. The molecule has 0 saturated heterocycles. The van der Waals surface area contributed by atoms with E-state index in [1.807, 2.05) is 43.3 Å². The van der Waals surface area contributed by atoms with Crippen molar-refractivity contribution < 1.29 is 14.3 Å². The van der Waals surface area contributed by atoms with E-state index in [1.54, 1.807) is 12.1 Å². The second kappa shape index (κ2) is 9.61. The highest BCUT2D eigenvalue weighted by molar-refractivity contribution is 5.96. The molecular formula is C21H26N2O3. The predicted octanol–water partition coefficient (Wildman–Crippen LogP) is 4.66. The number of hydrogen-bond donors (Lipinski definition) is 1. The molecule has 5 nitrogen and oxygen atoms in total. The summed E-state index contributed by atoms with van der Waals surface area (Å²) in [5.41, 5.74) is 3.42. The Morgan fingerprint density at radius 3 is 2.35 bits per heavy atom. The summed E-state index contributed by atoms with van der Waals surface area (Å²) in [4.78, 5) is 26.2. The van der Waals surface area contributed by atoms with E-state index >= 15 is 0 Å². The molecule has 0 aromatic heterocycles. The van der Waals surface area contributed by atoms with Gasteiger partial charge in [-0.2, -0.15) is 0 Å². The first-order valence-electron chi connectivity index (χ1n) is 8.92. The minimum Gasteiger partial charge on any atom is -0.449 e. The standard InChI is InChI=1S/C21H26N2O3/c1-4-23(5-2)18-11-12-19(16(3)15-18)22-21(25)26-14-13-20(24)17-9-7-6-8-10-17/h6-12,15H,4-5,13-14H2,1-3H3,(H,22,25). The Morgan fingerprint density at radius 2 is 1.73 bits per heavy atom. The summed E-state index contributed by atoms with van der Waals surface area (Å²) in [6.45, 7) is 8.08. The molecule has 0 heterocycles. The van der Waals surface area contributed by atoms with Gasteiger partial charge in [-0.15, -0.1) is 0 Å². The van der Waals surface area contributed by atoms with Crippen LogP contribution in [0.25, 0.3) is 0 Å². The lowest BCUT2D eigenvalue weighted by atomic mass is 10.1. The second-order valence-electron chi connectivity index (χ2n) is 5.97. The summed E-state index contributed by atoms with van der Waals surface area (Å²) < 4.78 is 5.13. The Balaban J connectivity index is 1.85. The highest BCUT2D eigenvalue weighted by atomic mass is 16.5. The quantitative estimate of drug-likeness (QED) is 0.700. The van der Waals surface area contributed by atoms with Crippen molar-refractivity contribution in [2.45, 2.75) is 27.2 Å². The average molecular weight is 354 g/mol. The molecule has 0 radical (unpaired) electrons. The molecule has 0 aliphatic carbocycles. The van der Waals surface area contributed by atoms with E-state index < -0.39 is 6.09 Å². The van der Waals surface area contributed by atoms with Gasteiger partial charge in [0, 0.05) is 36.4 Å². The van der Waals surface area contributed by atoms with E-state index in [9.17, 15) is 9.59 Å². The van der Waals surface area contributed by atoms with Crippen LogP contribution in [0.15, 0.2) is 48.5 Å². The number of carbonyl (C=O) groups excluding carboxylic acids is 2. The zero-order chi connectivity index (χ0) is 18.9. The van der Waals surface area contributed by atoms with Crippen LogP contribution in [0.3, 0.4) is 0 Å². The summed E-state index contributed by atoms with van der Waals surface area (Å²) >= 11 is 0. The van der Waals surface area contributed by atoms with Gasteiger partial charge in [0.15, 0.2) is 5.78 Å². The van der Waals surface area contributed by atoms with Crippen molar-refractivity contribution in [3.63, 3.8) is 0 Å². The number of Topliss-reactive ketones (excluding diaryl/α,β-unsaturated/α-hetero) is 1. The molecule has 0 spiro atoms. The third kappa shape index (κ3) is 5.34. The Labute approximate surface area is 155 Å². The van der Waals surface area contributed by atoms with E-state index in [2.05, 4.69) is 24.1 Å². The van der Waals surface area contributed by atoms with E-state index in [4.69, 9.17) is 4.74 Å². The van der Waals surface area contributed by atoms with Gasteiger partial charge in [-0.3, -0.25) is 10.1 Å². The molecule has 2 aromatic rings. The summed E-state index contributed by atoms with van der Waals surface area (Å²) in [5.74, 6) is -0.0434. The van der Waals surface area contributed by atoms with Crippen LogP contribution in [0.4, 0.5) is 16.2 Å². The van der Waals surface area contributed by atoms with Crippen molar-refractivity contribution in [2.75, 3.05) is 29.9 Å². The molecule has 0 aliphatic rings. The maximum absolute atomic E-state index is 12.0. The second-order valence-corrected chi connectivity index (χ2v) is 5.97. The molecule has 2 rings (SSSR count). The molecule has 2 aromatic carbocycles. The molecule has 0 saturated carbocycles. The van der Waals surface area contributed by atoms with Gasteiger partial charge in [0.2, 0.25) is 0 Å². The molecule has 0 atom stereocenters. The molecule has 1 N–H and O–H groups in total. The molecule has 0 aliphatic heterocycles. The average Bonchev–Trinajstić information content (AvgIpc) is 2.65. The third-order valence-electron chi connectivity index (χ3n) is 4.23. The lowest BCUT2D eigenvalue weighted by molar-refractivity contribution is 0.0942. The summed E-state index contributed by atoms with van der Waals surface area (Å²) in [6.07, 6.45) is -0.387. The molecule has 1 amide bonds. The fourth-order valence-electron chi connectivity index (χ4n) is 2.72. The Morgan fingerprint density at radius 1 is 1.04 bits per heavy atom. The van der Waals surface area contributed by atoms with E-state index in [1.165, 1.54) is 0 Å². The third-order valence-corrected chi connectivity index (χ3v) is 4.23. The van der Waals surface area contributed by atoms with Gasteiger partial charge in [-0.05, 0) is 44.5 Å². The van der Waals surface area contributed by atoms with Crippen molar-refractivity contribution in [3.05, 3.63) is 59.7 Å². The highest BCUT2D eigenvalue weighted by Gasteiger charge is 2.10. The van der Waals surface area contributed by atoms with Gasteiger partial charge in [-0.1, -0.05) is 30.3 Å². The number of hydrogen-bond acceptors (Lipinski definition) is 4. The molecule has 0 fully saturated rings. The molecule has 5 heteroatoms. The van der Waals surface area contributed by atoms with Gasteiger partial charge in [0.05, 0.1) is 0 Å². The van der Waals surface area contributed by atoms with Gasteiger partial charge in [-0.25, -0.2) is 4.79 Å². The van der Waals surface area contributed by atoms with E-state index in [0.717, 1.165) is 24.3 Å². The fraction of sp³-hybridized carbons (Fsp3) is 0.333.